The molecule has 2 aromatic rings. The third-order valence-electron chi connectivity index (χ3n) is 5.98. The van der Waals surface area contributed by atoms with Crippen LogP contribution in [0.5, 0.6) is 0 Å². The largest absolute Gasteiger partial charge is 0.305 e. The van der Waals surface area contributed by atoms with Crippen LogP contribution in [0, 0.1) is 11.3 Å². The number of hydrogen-bond donors (Lipinski definition) is 1. The van der Waals surface area contributed by atoms with E-state index in [0.29, 0.717) is 5.92 Å². The molecule has 1 fully saturated rings. The van der Waals surface area contributed by atoms with E-state index < -0.39 is 0 Å². The smallest absolute Gasteiger partial charge is 0.0423 e. The van der Waals surface area contributed by atoms with Gasteiger partial charge in [0.05, 0.1) is 0 Å². The van der Waals surface area contributed by atoms with Gasteiger partial charge in [-0.15, -0.1) is 0 Å². The third kappa shape index (κ3) is 3.91. The lowest BCUT2D eigenvalue weighted by Gasteiger charge is -2.24. The molecular weight excluding hydrogens is 328 g/mol. The third-order valence-corrected chi connectivity index (χ3v) is 5.98. The Balaban J connectivity index is 1.75. The first-order valence-corrected chi connectivity index (χ1v) is 10.3. The monoisotopic (exact) mass is 358 g/mol. The first kappa shape index (κ1) is 18.2. The summed E-state index contributed by atoms with van der Waals surface area (Å²) in [6, 6.07) is 13.2. The summed E-state index contributed by atoms with van der Waals surface area (Å²) in [7, 11) is 4.24. The molecule has 1 saturated carbocycles. The average molecular weight is 359 g/mol. The number of likely N-dealkylation sites (N-methyl/N-ethyl adjacent to an activating group) is 1. The van der Waals surface area contributed by atoms with Crippen molar-refractivity contribution >= 4 is 22.1 Å². The maximum Gasteiger partial charge on any atom is 0.0423 e. The van der Waals surface area contributed by atoms with E-state index in [2.05, 4.69) is 67.5 Å². The van der Waals surface area contributed by atoms with E-state index >= 15 is 0 Å². The van der Waals surface area contributed by atoms with E-state index in [9.17, 15) is 0 Å². The first-order chi connectivity index (χ1) is 13.1. The van der Waals surface area contributed by atoms with Gasteiger partial charge in [-0.3, -0.25) is 0 Å². The Labute approximate surface area is 163 Å². The van der Waals surface area contributed by atoms with E-state index in [1.807, 2.05) is 0 Å². The predicted molar refractivity (Wildman–Crippen MR) is 117 cm³/mol. The second-order valence-electron chi connectivity index (χ2n) is 8.38. The Morgan fingerprint density at radius 3 is 2.44 bits per heavy atom. The molecule has 27 heavy (non-hydrogen) atoms. The molecule has 2 aliphatic rings. The van der Waals surface area contributed by atoms with Gasteiger partial charge in [0, 0.05) is 23.7 Å². The number of allylic oxidation sites excluding steroid dienone is 2. The number of nitrogens with zero attached hydrogens (tertiary/aromatic N) is 1. The Kier molecular flexibility index (Phi) is 5.27. The molecule has 0 heterocycles. The number of rotatable bonds is 5. The normalized spacial score (nSPS) is 18.0. The van der Waals surface area contributed by atoms with Crippen molar-refractivity contribution < 1.29 is 0 Å². The molecule has 0 spiro atoms. The van der Waals surface area contributed by atoms with Crippen molar-refractivity contribution in [3.63, 3.8) is 0 Å². The van der Waals surface area contributed by atoms with Crippen LogP contribution < -0.4 is 0 Å². The Bertz CT molecular complexity index is 911. The quantitative estimate of drug-likeness (QED) is 0.646. The summed E-state index contributed by atoms with van der Waals surface area (Å²) >= 11 is 0. The molecule has 2 nitrogen and oxygen atoms in total. The second kappa shape index (κ2) is 7.82. The van der Waals surface area contributed by atoms with Crippen molar-refractivity contribution in [2.24, 2.45) is 5.92 Å². The highest BCUT2D eigenvalue weighted by molar-refractivity contribution is 6.07. The summed E-state index contributed by atoms with van der Waals surface area (Å²) in [6.45, 7) is 0.979. The number of benzene rings is 2. The molecule has 1 N–H and O–H groups in total. The lowest BCUT2D eigenvalue weighted by Crippen LogP contribution is -2.19. The molecule has 0 aliphatic heterocycles. The maximum absolute atomic E-state index is 9.02. The van der Waals surface area contributed by atoms with Crippen molar-refractivity contribution in [3.8, 4) is 0 Å². The van der Waals surface area contributed by atoms with Crippen LogP contribution >= 0.6 is 0 Å². The fourth-order valence-corrected chi connectivity index (χ4v) is 4.59. The zero-order chi connectivity index (χ0) is 18.8. The minimum atomic E-state index is 0.426. The van der Waals surface area contributed by atoms with Gasteiger partial charge in [0.25, 0.3) is 0 Å². The summed E-state index contributed by atoms with van der Waals surface area (Å²) in [5.41, 5.74) is 6.05. The molecule has 2 aromatic carbocycles. The van der Waals surface area contributed by atoms with Crippen LogP contribution in [0.2, 0.25) is 0 Å². The van der Waals surface area contributed by atoms with Gasteiger partial charge in [0.15, 0.2) is 0 Å². The lowest BCUT2D eigenvalue weighted by atomic mass is 9.80. The van der Waals surface area contributed by atoms with Gasteiger partial charge in [0.2, 0.25) is 0 Å². The SMILES string of the molecule is CN(C)CC1=CCC(c2cc3ccccc3cc2C(=N)C2CCCCC2)=C1. The Morgan fingerprint density at radius 1 is 1.04 bits per heavy atom. The van der Waals surface area contributed by atoms with Crippen molar-refractivity contribution in [3.05, 3.63) is 65.3 Å². The van der Waals surface area contributed by atoms with Gasteiger partial charge in [-0.05, 0) is 73.0 Å². The van der Waals surface area contributed by atoms with Crippen molar-refractivity contribution in [1.82, 2.24) is 4.90 Å². The molecule has 0 bridgehead atoms. The zero-order valence-corrected chi connectivity index (χ0v) is 16.6. The Morgan fingerprint density at radius 2 is 1.74 bits per heavy atom. The van der Waals surface area contributed by atoms with Gasteiger partial charge < -0.3 is 10.3 Å². The standard InChI is InChI=1S/C25H30N2/c1-27(2)17-18-12-13-22(14-18)23-15-20-10-6-7-11-21(20)16-24(23)25(26)19-8-4-3-5-9-19/h6-7,10-12,14-16,19,26H,3-5,8-9,13,17H2,1-2H3. The van der Waals surface area contributed by atoms with E-state index in [1.54, 1.807) is 0 Å². The van der Waals surface area contributed by atoms with E-state index in [0.717, 1.165) is 24.2 Å². The van der Waals surface area contributed by atoms with Crippen LogP contribution in [-0.2, 0) is 0 Å². The number of fused-ring (bicyclic) bond motifs is 1. The maximum atomic E-state index is 9.02. The van der Waals surface area contributed by atoms with Crippen molar-refractivity contribution in [2.75, 3.05) is 20.6 Å². The summed E-state index contributed by atoms with van der Waals surface area (Å²) in [6.07, 6.45) is 11.9. The highest BCUT2D eigenvalue weighted by atomic mass is 15.0. The summed E-state index contributed by atoms with van der Waals surface area (Å²) in [5.74, 6) is 0.426. The van der Waals surface area contributed by atoms with Crippen LogP contribution in [0.1, 0.15) is 49.7 Å². The second-order valence-corrected chi connectivity index (χ2v) is 8.38. The number of nitrogens with one attached hydrogen (secondary N) is 1. The molecule has 2 heteroatoms. The van der Waals surface area contributed by atoms with Gasteiger partial charge >= 0.3 is 0 Å². The molecule has 0 amide bonds. The average Bonchev–Trinajstić information content (AvgIpc) is 3.14. The molecular formula is C25H30N2. The molecule has 2 aliphatic carbocycles. The van der Waals surface area contributed by atoms with Crippen LogP contribution in [0.25, 0.3) is 16.3 Å². The first-order valence-electron chi connectivity index (χ1n) is 10.3. The topological polar surface area (TPSA) is 27.1 Å². The molecule has 0 atom stereocenters. The van der Waals surface area contributed by atoms with Crippen molar-refractivity contribution in [1.29, 1.82) is 5.41 Å². The van der Waals surface area contributed by atoms with E-state index in [-0.39, 0.29) is 0 Å². The van der Waals surface area contributed by atoms with Gasteiger partial charge in [-0.1, -0.05) is 55.7 Å². The van der Waals surface area contributed by atoms with Gasteiger partial charge in [-0.25, -0.2) is 0 Å². The zero-order valence-electron chi connectivity index (χ0n) is 16.6. The summed E-state index contributed by atoms with van der Waals surface area (Å²) < 4.78 is 0. The fourth-order valence-electron chi connectivity index (χ4n) is 4.59. The van der Waals surface area contributed by atoms with E-state index in [4.69, 9.17) is 5.41 Å². The molecule has 0 unspecified atom stereocenters. The minimum absolute atomic E-state index is 0.426. The molecule has 0 aromatic heterocycles. The summed E-state index contributed by atoms with van der Waals surface area (Å²) in [4.78, 5) is 2.22. The highest BCUT2D eigenvalue weighted by Gasteiger charge is 2.23. The minimum Gasteiger partial charge on any atom is -0.305 e. The van der Waals surface area contributed by atoms with Gasteiger partial charge in [0.1, 0.15) is 0 Å². The van der Waals surface area contributed by atoms with E-state index in [1.165, 1.54) is 59.6 Å². The molecule has 140 valence electrons. The van der Waals surface area contributed by atoms with Crippen LogP contribution in [-0.4, -0.2) is 31.3 Å². The number of hydrogen-bond acceptors (Lipinski definition) is 2. The lowest BCUT2D eigenvalue weighted by molar-refractivity contribution is 0.438. The molecule has 0 radical (unpaired) electrons. The van der Waals surface area contributed by atoms with Crippen LogP contribution in [0.15, 0.2) is 54.1 Å². The highest BCUT2D eigenvalue weighted by Crippen LogP contribution is 2.35. The summed E-state index contributed by atoms with van der Waals surface area (Å²) in [5, 5.41) is 11.5. The Hall–Kier alpha value is -2.19. The van der Waals surface area contributed by atoms with Crippen LogP contribution in [0.3, 0.4) is 0 Å². The molecule has 0 saturated heterocycles. The predicted octanol–water partition coefficient (Wildman–Crippen LogP) is 6.06. The van der Waals surface area contributed by atoms with Crippen molar-refractivity contribution in [2.45, 2.75) is 38.5 Å². The fraction of sp³-hybridized carbons (Fsp3) is 0.400. The molecule has 4 rings (SSSR count). The van der Waals surface area contributed by atoms with Crippen LogP contribution in [0.4, 0.5) is 0 Å². The van der Waals surface area contributed by atoms with Gasteiger partial charge in [-0.2, -0.15) is 0 Å².